The van der Waals surface area contributed by atoms with E-state index >= 15 is 0 Å². The maximum Gasteiger partial charge on any atom is 0.274 e. The van der Waals surface area contributed by atoms with Crippen LogP contribution in [0.5, 0.6) is 0 Å². The van der Waals surface area contributed by atoms with Gasteiger partial charge in [0, 0.05) is 44.5 Å². The molecule has 2 aromatic rings. The van der Waals surface area contributed by atoms with Crippen LogP contribution in [0.15, 0.2) is 23.3 Å². The van der Waals surface area contributed by atoms with E-state index in [1.807, 2.05) is 13.1 Å². The number of likely N-dealkylation sites (tertiary alicyclic amines) is 1. The lowest BCUT2D eigenvalue weighted by atomic mass is 9.93. The fraction of sp³-hybridized carbons (Fsp3) is 0.600. The van der Waals surface area contributed by atoms with Crippen LogP contribution < -0.4 is 5.56 Å². The molecule has 4 rings (SSSR count). The monoisotopic (exact) mass is 356 g/mol. The Labute approximate surface area is 153 Å². The van der Waals surface area contributed by atoms with Crippen LogP contribution >= 0.6 is 0 Å². The summed E-state index contributed by atoms with van der Waals surface area (Å²) >= 11 is 0. The summed E-state index contributed by atoms with van der Waals surface area (Å²) in [6.45, 7) is 3.21. The molecule has 2 fully saturated rings. The third kappa shape index (κ3) is 3.30. The van der Waals surface area contributed by atoms with Gasteiger partial charge in [-0.05, 0) is 57.2 Å². The lowest BCUT2D eigenvalue weighted by molar-refractivity contribution is 0.0778. The lowest BCUT2D eigenvalue weighted by Gasteiger charge is -2.32. The minimum atomic E-state index is -0.105. The van der Waals surface area contributed by atoms with Gasteiger partial charge in [-0.25, -0.2) is 0 Å². The van der Waals surface area contributed by atoms with E-state index in [1.54, 1.807) is 24.3 Å². The number of aromatic amines is 1. The van der Waals surface area contributed by atoms with Crippen molar-refractivity contribution < 1.29 is 4.79 Å². The lowest BCUT2D eigenvalue weighted by Crippen LogP contribution is -2.37. The van der Waals surface area contributed by atoms with Gasteiger partial charge in [-0.15, -0.1) is 0 Å². The summed E-state index contributed by atoms with van der Waals surface area (Å²) in [7, 11) is 3.55. The van der Waals surface area contributed by atoms with Gasteiger partial charge in [0.15, 0.2) is 0 Å². The Morgan fingerprint density at radius 2 is 2.00 bits per heavy atom. The van der Waals surface area contributed by atoms with Gasteiger partial charge in [-0.3, -0.25) is 9.59 Å². The number of fused-ring (bicyclic) bond motifs is 1. The quantitative estimate of drug-likeness (QED) is 0.893. The number of carbonyl (C=O) groups is 1. The molecule has 0 aromatic carbocycles. The van der Waals surface area contributed by atoms with Crippen LogP contribution in [-0.2, 0) is 7.05 Å². The molecule has 2 aromatic heterocycles. The van der Waals surface area contributed by atoms with Gasteiger partial charge >= 0.3 is 0 Å². The zero-order chi connectivity index (χ0) is 18.3. The minimum absolute atomic E-state index is 0.0133. The Hall–Kier alpha value is -2.08. The van der Waals surface area contributed by atoms with Crippen LogP contribution in [0, 0.1) is 5.92 Å². The van der Waals surface area contributed by atoms with Gasteiger partial charge < -0.3 is 19.4 Å². The molecule has 0 spiro atoms. The fourth-order valence-electron chi connectivity index (χ4n) is 4.17. The zero-order valence-electron chi connectivity index (χ0n) is 15.7. The molecular formula is C20H28N4O2. The number of H-pyrrole nitrogens is 1. The smallest absolute Gasteiger partial charge is 0.274 e. The molecule has 0 bridgehead atoms. The highest BCUT2D eigenvalue weighted by molar-refractivity contribution is 6.05. The third-order valence-corrected chi connectivity index (χ3v) is 6.06. The molecule has 1 aliphatic carbocycles. The highest BCUT2D eigenvalue weighted by Gasteiger charge is 2.31. The number of nitrogens with zero attached hydrogens (tertiary/aromatic N) is 3. The van der Waals surface area contributed by atoms with E-state index in [4.69, 9.17) is 0 Å². The van der Waals surface area contributed by atoms with Gasteiger partial charge in [0.2, 0.25) is 0 Å². The van der Waals surface area contributed by atoms with E-state index in [0.29, 0.717) is 22.4 Å². The van der Waals surface area contributed by atoms with Crippen molar-refractivity contribution in [3.05, 3.63) is 34.4 Å². The van der Waals surface area contributed by atoms with Gasteiger partial charge in [0.05, 0.1) is 5.56 Å². The topological polar surface area (TPSA) is 61.3 Å². The first-order valence-electron chi connectivity index (χ1n) is 9.71. The number of nitrogens with one attached hydrogen (secondary N) is 1. The molecule has 140 valence electrons. The van der Waals surface area contributed by atoms with Gasteiger partial charge in [-0.1, -0.05) is 0 Å². The van der Waals surface area contributed by atoms with Crippen molar-refractivity contribution in [2.45, 2.75) is 38.1 Å². The fourth-order valence-corrected chi connectivity index (χ4v) is 4.17. The molecule has 0 radical (unpaired) electrons. The summed E-state index contributed by atoms with van der Waals surface area (Å²) in [5.41, 5.74) is 0.986. The molecule has 2 aliphatic rings. The second-order valence-electron chi connectivity index (χ2n) is 7.95. The number of piperidine rings is 1. The van der Waals surface area contributed by atoms with Crippen LogP contribution in [0.4, 0.5) is 0 Å². The molecule has 0 unspecified atom stereocenters. The summed E-state index contributed by atoms with van der Waals surface area (Å²) in [6.07, 6.45) is 9.70. The van der Waals surface area contributed by atoms with Crippen molar-refractivity contribution in [2.24, 2.45) is 13.0 Å². The molecule has 1 N–H and O–H groups in total. The van der Waals surface area contributed by atoms with E-state index in [9.17, 15) is 9.59 Å². The number of amides is 1. The maximum atomic E-state index is 12.9. The average Bonchev–Trinajstić information content (AvgIpc) is 3.39. The zero-order valence-corrected chi connectivity index (χ0v) is 15.7. The number of rotatable bonds is 5. The highest BCUT2D eigenvalue weighted by atomic mass is 16.2. The summed E-state index contributed by atoms with van der Waals surface area (Å²) in [4.78, 5) is 32.5. The van der Waals surface area contributed by atoms with Crippen molar-refractivity contribution in [3.8, 4) is 0 Å². The molecule has 6 heteroatoms. The van der Waals surface area contributed by atoms with Crippen LogP contribution in [0.3, 0.4) is 0 Å². The first-order chi connectivity index (χ1) is 12.5. The molecule has 0 atom stereocenters. The van der Waals surface area contributed by atoms with E-state index in [2.05, 4.69) is 9.88 Å². The second-order valence-corrected chi connectivity index (χ2v) is 7.95. The molecular weight excluding hydrogens is 328 g/mol. The van der Waals surface area contributed by atoms with E-state index in [-0.39, 0.29) is 11.5 Å². The Kier molecular flexibility index (Phi) is 4.61. The molecule has 1 saturated carbocycles. The van der Waals surface area contributed by atoms with Crippen LogP contribution in [0.25, 0.3) is 10.9 Å². The van der Waals surface area contributed by atoms with Crippen molar-refractivity contribution in [2.75, 3.05) is 26.7 Å². The van der Waals surface area contributed by atoms with Crippen molar-refractivity contribution >= 4 is 16.8 Å². The SMILES string of the molecule is CN(CCC1CCN(C2CC2)CC1)C(=O)c1cn(C)c(=O)c2[nH]ccc12. The molecule has 1 saturated heterocycles. The van der Waals surface area contributed by atoms with Gasteiger partial charge in [0.1, 0.15) is 5.52 Å². The summed E-state index contributed by atoms with van der Waals surface area (Å²) in [5.74, 6) is 0.702. The molecule has 1 aliphatic heterocycles. The van der Waals surface area contributed by atoms with Crippen molar-refractivity contribution in [1.29, 1.82) is 0 Å². The second kappa shape index (κ2) is 6.91. The first-order valence-corrected chi connectivity index (χ1v) is 9.71. The Bertz CT molecular complexity index is 856. The number of hydrogen-bond acceptors (Lipinski definition) is 3. The number of carbonyl (C=O) groups excluding carboxylic acids is 1. The van der Waals surface area contributed by atoms with Gasteiger partial charge in [0.25, 0.3) is 11.5 Å². The maximum absolute atomic E-state index is 12.9. The van der Waals surface area contributed by atoms with E-state index in [1.165, 1.54) is 43.3 Å². The Morgan fingerprint density at radius 1 is 1.27 bits per heavy atom. The van der Waals surface area contributed by atoms with Crippen LogP contribution in [-0.4, -0.2) is 58.0 Å². The highest BCUT2D eigenvalue weighted by Crippen LogP contribution is 2.31. The molecule has 26 heavy (non-hydrogen) atoms. The molecule has 3 heterocycles. The standard InChI is InChI=1S/C20H28N4O2/c1-22(10-6-14-7-11-24(12-8-14)15-3-4-15)19(25)17-13-23(2)20(26)18-16(17)5-9-21-18/h5,9,13-15,21H,3-4,6-8,10-12H2,1-2H3. The summed E-state index contributed by atoms with van der Waals surface area (Å²) in [6, 6.07) is 2.68. The predicted octanol–water partition coefficient (Wildman–Crippen LogP) is 2.20. The Balaban J connectivity index is 1.38. The van der Waals surface area contributed by atoms with Crippen LogP contribution in [0.2, 0.25) is 0 Å². The first kappa shape index (κ1) is 17.3. The predicted molar refractivity (Wildman–Crippen MR) is 102 cm³/mol. The number of hydrogen-bond donors (Lipinski definition) is 1. The average molecular weight is 356 g/mol. The summed E-state index contributed by atoms with van der Waals surface area (Å²) in [5, 5.41) is 0.711. The van der Waals surface area contributed by atoms with E-state index in [0.717, 1.165) is 19.0 Å². The van der Waals surface area contributed by atoms with Crippen molar-refractivity contribution in [1.82, 2.24) is 19.4 Å². The number of aryl methyl sites for hydroxylation is 1. The van der Waals surface area contributed by atoms with Crippen molar-refractivity contribution in [3.63, 3.8) is 0 Å². The minimum Gasteiger partial charge on any atom is -0.357 e. The van der Waals surface area contributed by atoms with Gasteiger partial charge in [-0.2, -0.15) is 0 Å². The largest absolute Gasteiger partial charge is 0.357 e. The molecule has 1 amide bonds. The van der Waals surface area contributed by atoms with E-state index < -0.39 is 0 Å². The molecule has 6 nitrogen and oxygen atoms in total. The normalized spacial score (nSPS) is 19.2. The number of pyridine rings is 1. The third-order valence-electron chi connectivity index (χ3n) is 6.06. The Morgan fingerprint density at radius 3 is 2.69 bits per heavy atom. The summed E-state index contributed by atoms with van der Waals surface area (Å²) < 4.78 is 1.48. The number of aromatic nitrogens is 2. The van der Waals surface area contributed by atoms with Crippen LogP contribution in [0.1, 0.15) is 42.5 Å².